The molecule has 3 heterocycles. The van der Waals surface area contributed by atoms with Gasteiger partial charge in [-0.3, -0.25) is 14.3 Å². The van der Waals surface area contributed by atoms with Crippen LogP contribution in [0.15, 0.2) is 47.4 Å². The highest BCUT2D eigenvalue weighted by Crippen LogP contribution is 2.28. The molecule has 0 saturated carbocycles. The molecule has 1 aromatic carbocycles. The Bertz CT molecular complexity index is 1200. The van der Waals surface area contributed by atoms with Gasteiger partial charge in [-0.25, -0.2) is 13.8 Å². The summed E-state index contributed by atoms with van der Waals surface area (Å²) in [7, 11) is 0. The number of fused-ring (bicyclic) bond motifs is 1. The number of aromatic nitrogens is 3. The second-order valence-corrected chi connectivity index (χ2v) is 10.6. The van der Waals surface area contributed by atoms with E-state index in [-0.39, 0.29) is 30.0 Å². The maximum Gasteiger partial charge on any atom is 0.260 e. The van der Waals surface area contributed by atoms with Crippen LogP contribution in [0.5, 0.6) is 0 Å². The number of rotatable bonds is 6. The molecule has 182 valence electrons. The van der Waals surface area contributed by atoms with Gasteiger partial charge in [0, 0.05) is 37.2 Å². The molecule has 1 atom stereocenters. The van der Waals surface area contributed by atoms with Gasteiger partial charge < -0.3 is 5.32 Å². The summed E-state index contributed by atoms with van der Waals surface area (Å²) in [6, 6.07) is 11.2. The molecule has 3 aromatic rings. The number of piperidine rings is 1. The standard InChI is InChI=1S/C26H33F2N5O/c1-18(20-8-6-19(7-9-20)15-32-13-5-12-26(27,28)17-32)30-24-29-14-21-10-11-22(34)33(23(21)31-24)16-25(2,3)4/h6-11,14,18H,5,12-13,15-17H2,1-4H3,(H,29,30,31)/t18-/m0/s1. The van der Waals surface area contributed by atoms with Gasteiger partial charge in [0.05, 0.1) is 12.6 Å². The molecule has 1 saturated heterocycles. The van der Waals surface area contributed by atoms with E-state index in [4.69, 9.17) is 0 Å². The summed E-state index contributed by atoms with van der Waals surface area (Å²) in [4.78, 5) is 23.4. The highest BCUT2D eigenvalue weighted by Gasteiger charge is 2.34. The molecule has 0 amide bonds. The van der Waals surface area contributed by atoms with Crippen molar-refractivity contribution in [2.24, 2.45) is 5.41 Å². The van der Waals surface area contributed by atoms with Crippen molar-refractivity contribution in [1.82, 2.24) is 19.4 Å². The van der Waals surface area contributed by atoms with Crippen molar-refractivity contribution >= 4 is 17.0 Å². The molecule has 2 aromatic heterocycles. The lowest BCUT2D eigenvalue weighted by atomic mass is 9.97. The summed E-state index contributed by atoms with van der Waals surface area (Å²) in [6.45, 7) is 9.88. The Morgan fingerprint density at radius 3 is 2.56 bits per heavy atom. The molecule has 1 N–H and O–H groups in total. The van der Waals surface area contributed by atoms with Crippen molar-refractivity contribution < 1.29 is 8.78 Å². The van der Waals surface area contributed by atoms with E-state index in [1.54, 1.807) is 22.9 Å². The van der Waals surface area contributed by atoms with Crippen LogP contribution in [-0.2, 0) is 13.1 Å². The predicted octanol–water partition coefficient (Wildman–Crippen LogP) is 5.24. The van der Waals surface area contributed by atoms with Crippen molar-refractivity contribution in [3.05, 3.63) is 64.1 Å². The first-order chi connectivity index (χ1) is 16.0. The summed E-state index contributed by atoms with van der Waals surface area (Å²) in [5.74, 6) is -2.14. The normalized spacial score (nSPS) is 17.6. The number of alkyl halides is 2. The van der Waals surface area contributed by atoms with Gasteiger partial charge >= 0.3 is 0 Å². The first kappa shape index (κ1) is 24.3. The van der Waals surface area contributed by atoms with Crippen LogP contribution >= 0.6 is 0 Å². The molecule has 6 nitrogen and oxygen atoms in total. The second-order valence-electron chi connectivity index (χ2n) is 10.6. The number of pyridine rings is 1. The van der Waals surface area contributed by atoms with Crippen molar-refractivity contribution in [1.29, 1.82) is 0 Å². The summed E-state index contributed by atoms with van der Waals surface area (Å²) in [5, 5.41) is 4.14. The number of hydrogen-bond donors (Lipinski definition) is 1. The average Bonchev–Trinajstić information content (AvgIpc) is 2.75. The molecule has 8 heteroatoms. The first-order valence-electron chi connectivity index (χ1n) is 11.8. The Kier molecular flexibility index (Phi) is 6.71. The van der Waals surface area contributed by atoms with E-state index in [0.29, 0.717) is 37.7 Å². The summed E-state index contributed by atoms with van der Waals surface area (Å²) < 4.78 is 29.1. The Labute approximate surface area is 199 Å². The molecule has 0 spiro atoms. The first-order valence-corrected chi connectivity index (χ1v) is 11.8. The Morgan fingerprint density at radius 1 is 1.15 bits per heavy atom. The Balaban J connectivity index is 1.48. The molecule has 1 fully saturated rings. The zero-order chi connectivity index (χ0) is 24.5. The number of anilines is 1. The van der Waals surface area contributed by atoms with Gasteiger partial charge in [0.1, 0.15) is 5.65 Å². The fourth-order valence-electron chi connectivity index (χ4n) is 4.40. The molecule has 4 rings (SSSR count). The fraction of sp³-hybridized carbons (Fsp3) is 0.500. The average molecular weight is 470 g/mol. The molecule has 0 aliphatic carbocycles. The van der Waals surface area contributed by atoms with Crippen LogP contribution in [0.4, 0.5) is 14.7 Å². The third-order valence-electron chi connectivity index (χ3n) is 6.06. The van der Waals surface area contributed by atoms with Crippen LogP contribution < -0.4 is 10.9 Å². The molecular weight excluding hydrogens is 436 g/mol. The summed E-state index contributed by atoms with van der Waals surface area (Å²) >= 11 is 0. The molecule has 0 radical (unpaired) electrons. The minimum Gasteiger partial charge on any atom is -0.348 e. The monoisotopic (exact) mass is 469 g/mol. The number of hydrogen-bond acceptors (Lipinski definition) is 5. The SMILES string of the molecule is C[C@H](Nc1ncc2ccc(=O)n(CC(C)(C)C)c2n1)c1ccc(CN2CCCC(F)(F)C2)cc1. The van der Waals surface area contributed by atoms with Gasteiger partial charge in [-0.1, -0.05) is 45.0 Å². The maximum absolute atomic E-state index is 13.7. The minimum atomic E-state index is -2.59. The third kappa shape index (κ3) is 5.97. The van der Waals surface area contributed by atoms with Crippen LogP contribution in [0, 0.1) is 5.41 Å². The quantitative estimate of drug-likeness (QED) is 0.535. The Hall–Kier alpha value is -2.87. The van der Waals surface area contributed by atoms with Gasteiger partial charge in [0.2, 0.25) is 5.95 Å². The lowest BCUT2D eigenvalue weighted by Crippen LogP contribution is -2.41. The van der Waals surface area contributed by atoms with Gasteiger partial charge in [-0.2, -0.15) is 4.98 Å². The molecule has 1 aliphatic heterocycles. The number of likely N-dealkylation sites (tertiary alicyclic amines) is 1. The fourth-order valence-corrected chi connectivity index (χ4v) is 4.40. The van der Waals surface area contributed by atoms with E-state index in [1.165, 1.54) is 0 Å². The zero-order valence-electron chi connectivity index (χ0n) is 20.3. The number of benzene rings is 1. The topological polar surface area (TPSA) is 63.1 Å². The van der Waals surface area contributed by atoms with Crippen LogP contribution in [-0.4, -0.2) is 38.4 Å². The van der Waals surface area contributed by atoms with Crippen LogP contribution in [0.2, 0.25) is 0 Å². The van der Waals surface area contributed by atoms with Crippen molar-refractivity contribution in [2.75, 3.05) is 18.4 Å². The van der Waals surface area contributed by atoms with Crippen molar-refractivity contribution in [3.8, 4) is 0 Å². The van der Waals surface area contributed by atoms with Gasteiger partial charge in [0.25, 0.3) is 11.5 Å². The lowest BCUT2D eigenvalue weighted by Gasteiger charge is -2.32. The molecule has 0 bridgehead atoms. The smallest absolute Gasteiger partial charge is 0.260 e. The maximum atomic E-state index is 13.7. The number of halogens is 2. The van der Waals surface area contributed by atoms with E-state index in [1.807, 2.05) is 36.1 Å². The molecule has 34 heavy (non-hydrogen) atoms. The third-order valence-corrected chi connectivity index (χ3v) is 6.06. The van der Waals surface area contributed by atoms with E-state index in [0.717, 1.165) is 16.5 Å². The van der Waals surface area contributed by atoms with Crippen molar-refractivity contribution in [3.63, 3.8) is 0 Å². The minimum absolute atomic E-state index is 0.0190. The number of nitrogens with zero attached hydrogens (tertiary/aromatic N) is 4. The molecule has 1 aliphatic rings. The van der Waals surface area contributed by atoms with Crippen LogP contribution in [0.25, 0.3) is 11.0 Å². The largest absolute Gasteiger partial charge is 0.348 e. The Morgan fingerprint density at radius 2 is 1.88 bits per heavy atom. The summed E-state index contributed by atoms with van der Waals surface area (Å²) in [5.41, 5.74) is 2.51. The summed E-state index contributed by atoms with van der Waals surface area (Å²) in [6.07, 6.45) is 2.24. The highest BCUT2D eigenvalue weighted by atomic mass is 19.3. The second kappa shape index (κ2) is 9.41. The van der Waals surface area contributed by atoms with Gasteiger partial charge in [-0.15, -0.1) is 0 Å². The lowest BCUT2D eigenvalue weighted by molar-refractivity contribution is -0.0661. The van der Waals surface area contributed by atoms with Crippen LogP contribution in [0.1, 0.15) is 57.7 Å². The van der Waals surface area contributed by atoms with E-state index < -0.39 is 5.92 Å². The van der Waals surface area contributed by atoms with E-state index >= 15 is 0 Å². The van der Waals surface area contributed by atoms with E-state index in [9.17, 15) is 13.6 Å². The zero-order valence-corrected chi connectivity index (χ0v) is 20.3. The number of nitrogens with one attached hydrogen (secondary N) is 1. The van der Waals surface area contributed by atoms with E-state index in [2.05, 4.69) is 36.1 Å². The molecular formula is C26H33F2N5O. The van der Waals surface area contributed by atoms with Gasteiger partial charge in [-0.05, 0) is 42.5 Å². The predicted molar refractivity (Wildman–Crippen MR) is 131 cm³/mol. The van der Waals surface area contributed by atoms with Crippen molar-refractivity contribution in [2.45, 2.75) is 65.6 Å². The van der Waals surface area contributed by atoms with Gasteiger partial charge in [0.15, 0.2) is 0 Å². The van der Waals surface area contributed by atoms with Crippen LogP contribution in [0.3, 0.4) is 0 Å². The highest BCUT2D eigenvalue weighted by molar-refractivity contribution is 5.75. The molecule has 0 unspecified atom stereocenters.